The van der Waals surface area contributed by atoms with E-state index in [2.05, 4.69) is 10.6 Å². The lowest BCUT2D eigenvalue weighted by Gasteiger charge is -2.11. The summed E-state index contributed by atoms with van der Waals surface area (Å²) < 4.78 is 0. The van der Waals surface area contributed by atoms with Crippen molar-refractivity contribution in [1.82, 2.24) is 5.32 Å². The molecular formula is C18H19ClN2OS. The molecule has 3 rings (SSSR count). The Bertz CT molecular complexity index is 669. The van der Waals surface area contributed by atoms with Crippen LogP contribution in [0.25, 0.3) is 0 Å². The number of amides is 1. The third-order valence-electron chi connectivity index (χ3n) is 3.85. The van der Waals surface area contributed by atoms with Crippen LogP contribution in [0.1, 0.15) is 18.4 Å². The Morgan fingerprint density at radius 3 is 2.70 bits per heavy atom. The van der Waals surface area contributed by atoms with Gasteiger partial charge in [0.1, 0.15) is 0 Å². The molecule has 1 amide bonds. The van der Waals surface area contributed by atoms with Gasteiger partial charge >= 0.3 is 0 Å². The largest absolute Gasteiger partial charge is 0.325 e. The molecule has 0 spiro atoms. The first kappa shape index (κ1) is 16.4. The molecule has 0 saturated carbocycles. The second-order valence-electron chi connectivity index (χ2n) is 5.54. The van der Waals surface area contributed by atoms with Gasteiger partial charge in [0.05, 0.1) is 6.04 Å². The third-order valence-corrected chi connectivity index (χ3v) is 5.28. The molecule has 1 saturated heterocycles. The molecule has 2 aromatic rings. The van der Waals surface area contributed by atoms with Crippen LogP contribution in [0.4, 0.5) is 5.69 Å². The lowest BCUT2D eigenvalue weighted by atomic mass is 10.2. The number of hydrogen-bond donors (Lipinski definition) is 2. The molecule has 1 fully saturated rings. The lowest BCUT2D eigenvalue weighted by molar-refractivity contribution is -0.117. The van der Waals surface area contributed by atoms with Crippen molar-refractivity contribution in [3.05, 3.63) is 59.1 Å². The maximum absolute atomic E-state index is 12.1. The van der Waals surface area contributed by atoms with Crippen molar-refractivity contribution in [3.63, 3.8) is 0 Å². The predicted octanol–water partition coefficient (Wildman–Crippen LogP) is 4.32. The summed E-state index contributed by atoms with van der Waals surface area (Å²) in [5.41, 5.74) is 1.97. The number of benzene rings is 2. The number of rotatable bonds is 5. The fraction of sp³-hybridized carbons (Fsp3) is 0.278. The second kappa shape index (κ2) is 7.86. The summed E-state index contributed by atoms with van der Waals surface area (Å²) in [6, 6.07) is 15.8. The van der Waals surface area contributed by atoms with E-state index in [1.165, 1.54) is 0 Å². The van der Waals surface area contributed by atoms with Crippen molar-refractivity contribution in [2.75, 3.05) is 11.9 Å². The molecule has 1 aliphatic rings. The molecule has 2 aromatic carbocycles. The number of halogens is 1. The molecule has 1 unspecified atom stereocenters. The molecule has 5 heteroatoms. The van der Waals surface area contributed by atoms with Crippen molar-refractivity contribution in [1.29, 1.82) is 0 Å². The zero-order chi connectivity index (χ0) is 16.1. The van der Waals surface area contributed by atoms with Crippen molar-refractivity contribution >= 4 is 35.0 Å². The minimum Gasteiger partial charge on any atom is -0.325 e. The highest BCUT2D eigenvalue weighted by Gasteiger charge is 2.21. The molecule has 2 N–H and O–H groups in total. The maximum Gasteiger partial charge on any atom is 0.241 e. The van der Waals surface area contributed by atoms with Gasteiger partial charge in [-0.15, -0.1) is 11.8 Å². The first-order chi connectivity index (χ1) is 11.2. The molecule has 1 aliphatic heterocycles. The summed E-state index contributed by atoms with van der Waals surface area (Å²) in [7, 11) is 0. The molecule has 0 bridgehead atoms. The third kappa shape index (κ3) is 4.50. The van der Waals surface area contributed by atoms with Gasteiger partial charge in [0.15, 0.2) is 0 Å². The van der Waals surface area contributed by atoms with Crippen LogP contribution in [0.3, 0.4) is 0 Å². The Kier molecular flexibility index (Phi) is 5.60. The predicted molar refractivity (Wildman–Crippen MR) is 97.1 cm³/mol. The zero-order valence-electron chi connectivity index (χ0n) is 12.7. The van der Waals surface area contributed by atoms with Crippen molar-refractivity contribution in [2.45, 2.75) is 29.5 Å². The summed E-state index contributed by atoms with van der Waals surface area (Å²) in [6.07, 6.45) is 1.98. The van der Waals surface area contributed by atoms with Gasteiger partial charge < -0.3 is 10.6 Å². The highest BCUT2D eigenvalue weighted by Crippen LogP contribution is 2.27. The quantitative estimate of drug-likeness (QED) is 0.792. The van der Waals surface area contributed by atoms with Crippen molar-refractivity contribution in [3.8, 4) is 0 Å². The number of nitrogens with one attached hydrogen (secondary N) is 2. The normalized spacial score (nSPS) is 17.2. The van der Waals surface area contributed by atoms with Crippen molar-refractivity contribution in [2.24, 2.45) is 0 Å². The molecule has 0 aliphatic carbocycles. The van der Waals surface area contributed by atoms with Crippen LogP contribution in [-0.4, -0.2) is 18.5 Å². The van der Waals surface area contributed by atoms with E-state index in [-0.39, 0.29) is 11.9 Å². The minimum atomic E-state index is -0.0516. The molecule has 0 radical (unpaired) electrons. The van der Waals surface area contributed by atoms with Gasteiger partial charge in [-0.25, -0.2) is 0 Å². The van der Waals surface area contributed by atoms with E-state index in [1.54, 1.807) is 11.8 Å². The summed E-state index contributed by atoms with van der Waals surface area (Å²) >= 11 is 7.90. The number of carbonyl (C=O) groups excluding carboxylic acids is 1. The van der Waals surface area contributed by atoms with E-state index in [9.17, 15) is 4.79 Å². The van der Waals surface area contributed by atoms with E-state index in [4.69, 9.17) is 11.6 Å². The summed E-state index contributed by atoms with van der Waals surface area (Å²) in [5, 5.41) is 6.96. The average Bonchev–Trinajstić information content (AvgIpc) is 3.10. The van der Waals surface area contributed by atoms with Crippen molar-refractivity contribution < 1.29 is 4.79 Å². The lowest BCUT2D eigenvalue weighted by Crippen LogP contribution is -2.35. The van der Waals surface area contributed by atoms with E-state index >= 15 is 0 Å². The molecule has 0 aromatic heterocycles. The first-order valence-corrected chi connectivity index (χ1v) is 9.09. The Hall–Kier alpha value is -1.49. The zero-order valence-corrected chi connectivity index (χ0v) is 14.3. The highest BCUT2D eigenvalue weighted by molar-refractivity contribution is 7.98. The topological polar surface area (TPSA) is 41.1 Å². The maximum atomic E-state index is 12.1. The second-order valence-corrected chi connectivity index (χ2v) is 7.00. The Morgan fingerprint density at radius 1 is 1.22 bits per heavy atom. The monoisotopic (exact) mass is 346 g/mol. The Labute approximate surface area is 145 Å². The first-order valence-electron chi connectivity index (χ1n) is 7.73. The standard InChI is InChI=1S/C18H19ClN2OS/c19-16-5-2-1-4-13(16)12-23-15-9-7-14(8-10-15)21-18(22)17-6-3-11-20-17/h1-2,4-5,7-10,17,20H,3,6,11-12H2,(H,21,22). The molecular weight excluding hydrogens is 328 g/mol. The number of thioether (sulfide) groups is 1. The van der Waals surface area contributed by atoms with E-state index < -0.39 is 0 Å². The van der Waals surface area contributed by atoms with Gasteiger partial charge in [-0.3, -0.25) is 4.79 Å². The summed E-state index contributed by atoms with van der Waals surface area (Å²) in [5.74, 6) is 0.885. The van der Waals surface area contributed by atoms with Crippen LogP contribution < -0.4 is 10.6 Å². The van der Waals surface area contributed by atoms with Gasteiger partial charge in [0.25, 0.3) is 0 Å². The SMILES string of the molecule is O=C(Nc1ccc(SCc2ccccc2Cl)cc1)C1CCCN1. The van der Waals surface area contributed by atoms with Crippen LogP contribution in [0, 0.1) is 0 Å². The average molecular weight is 347 g/mol. The van der Waals surface area contributed by atoms with Gasteiger partial charge in [-0.1, -0.05) is 29.8 Å². The molecule has 1 heterocycles. The van der Waals surface area contributed by atoms with Crippen LogP contribution in [0.15, 0.2) is 53.4 Å². The molecule has 120 valence electrons. The number of anilines is 1. The Balaban J connectivity index is 1.54. The van der Waals surface area contributed by atoms with Gasteiger partial charge in [-0.2, -0.15) is 0 Å². The summed E-state index contributed by atoms with van der Waals surface area (Å²) in [6.45, 7) is 0.926. The highest BCUT2D eigenvalue weighted by atomic mass is 35.5. The molecule has 23 heavy (non-hydrogen) atoms. The fourth-order valence-corrected chi connectivity index (χ4v) is 3.73. The van der Waals surface area contributed by atoms with Crippen LogP contribution in [0.5, 0.6) is 0 Å². The van der Waals surface area contributed by atoms with Gasteiger partial charge in [0, 0.05) is 21.4 Å². The number of hydrogen-bond acceptors (Lipinski definition) is 3. The van der Waals surface area contributed by atoms with Crippen LogP contribution in [0.2, 0.25) is 5.02 Å². The minimum absolute atomic E-state index is 0.0516. The molecule has 1 atom stereocenters. The van der Waals surface area contributed by atoms with Crippen LogP contribution in [-0.2, 0) is 10.5 Å². The Morgan fingerprint density at radius 2 is 2.00 bits per heavy atom. The molecule has 3 nitrogen and oxygen atoms in total. The summed E-state index contributed by atoms with van der Waals surface area (Å²) in [4.78, 5) is 13.2. The smallest absolute Gasteiger partial charge is 0.241 e. The van der Waals surface area contributed by atoms with E-state index in [1.807, 2.05) is 48.5 Å². The van der Waals surface area contributed by atoms with E-state index in [0.29, 0.717) is 0 Å². The van der Waals surface area contributed by atoms with Gasteiger partial charge in [0.2, 0.25) is 5.91 Å². The van der Waals surface area contributed by atoms with Crippen LogP contribution >= 0.6 is 23.4 Å². The van der Waals surface area contributed by atoms with Gasteiger partial charge in [-0.05, 0) is 55.3 Å². The van der Waals surface area contributed by atoms with E-state index in [0.717, 1.165) is 46.3 Å². The fourth-order valence-electron chi connectivity index (χ4n) is 2.55. The number of carbonyl (C=O) groups is 1.